The number of hydrogen-bond donors (Lipinski definition) is 2. The number of nitrogens with one attached hydrogen (secondary N) is 2. The summed E-state index contributed by atoms with van der Waals surface area (Å²) in [4.78, 5) is 37.5. The Morgan fingerprint density at radius 2 is 1.83 bits per heavy atom. The zero-order valence-electron chi connectivity index (χ0n) is 17.5. The van der Waals surface area contributed by atoms with Crippen LogP contribution in [0.5, 0.6) is 0 Å². The van der Waals surface area contributed by atoms with E-state index in [4.69, 9.17) is 9.47 Å². The summed E-state index contributed by atoms with van der Waals surface area (Å²) >= 11 is 0. The van der Waals surface area contributed by atoms with E-state index in [0.717, 1.165) is 18.4 Å². The molecule has 7 heteroatoms. The number of ketones is 1. The van der Waals surface area contributed by atoms with E-state index >= 15 is 0 Å². The molecule has 1 heterocycles. The van der Waals surface area contributed by atoms with E-state index in [-0.39, 0.29) is 24.2 Å². The molecule has 0 bridgehead atoms. The van der Waals surface area contributed by atoms with Crippen molar-refractivity contribution in [3.8, 4) is 0 Å². The highest BCUT2D eigenvalue weighted by molar-refractivity contribution is 5.95. The summed E-state index contributed by atoms with van der Waals surface area (Å²) in [5.74, 6) is -0.288. The zero-order valence-corrected chi connectivity index (χ0v) is 17.5. The molecule has 0 radical (unpaired) electrons. The molecule has 1 aromatic carbocycles. The lowest BCUT2D eigenvalue weighted by Crippen LogP contribution is -2.52. The van der Waals surface area contributed by atoms with Gasteiger partial charge in [-0.3, -0.25) is 9.59 Å². The molecule has 0 saturated carbocycles. The van der Waals surface area contributed by atoms with E-state index < -0.39 is 24.3 Å². The molecule has 7 nitrogen and oxygen atoms in total. The minimum Gasteiger partial charge on any atom is -0.445 e. The molecule has 0 aromatic heterocycles. The number of hydrogen-bond acceptors (Lipinski definition) is 5. The van der Waals surface area contributed by atoms with E-state index in [1.165, 1.54) is 0 Å². The van der Waals surface area contributed by atoms with Crippen LogP contribution in [0.1, 0.15) is 52.0 Å². The third kappa shape index (κ3) is 8.23. The maximum Gasteiger partial charge on any atom is 0.408 e. The van der Waals surface area contributed by atoms with Crippen molar-refractivity contribution in [2.45, 2.75) is 71.2 Å². The molecule has 1 saturated heterocycles. The van der Waals surface area contributed by atoms with Gasteiger partial charge in [0.1, 0.15) is 18.8 Å². The van der Waals surface area contributed by atoms with Crippen molar-refractivity contribution in [1.82, 2.24) is 10.6 Å². The summed E-state index contributed by atoms with van der Waals surface area (Å²) in [5, 5.41) is 5.47. The Hall–Kier alpha value is -2.41. The molecule has 29 heavy (non-hydrogen) atoms. The zero-order chi connectivity index (χ0) is 21.2. The van der Waals surface area contributed by atoms with Crippen LogP contribution in [0, 0.1) is 5.92 Å². The van der Waals surface area contributed by atoms with Crippen molar-refractivity contribution in [3.05, 3.63) is 35.9 Å². The Bertz CT molecular complexity index is 673. The Morgan fingerprint density at radius 3 is 2.41 bits per heavy atom. The summed E-state index contributed by atoms with van der Waals surface area (Å²) < 4.78 is 10.3. The molecular weight excluding hydrogens is 372 g/mol. The number of epoxide rings is 1. The van der Waals surface area contributed by atoms with Crippen LogP contribution in [0.2, 0.25) is 0 Å². The largest absolute Gasteiger partial charge is 0.445 e. The first-order valence-corrected chi connectivity index (χ1v) is 10.3. The van der Waals surface area contributed by atoms with Crippen LogP contribution in [0.4, 0.5) is 4.79 Å². The Kier molecular flexibility index (Phi) is 9.12. The van der Waals surface area contributed by atoms with Crippen molar-refractivity contribution in [2.75, 3.05) is 6.61 Å². The van der Waals surface area contributed by atoms with Crippen LogP contribution < -0.4 is 10.6 Å². The highest BCUT2D eigenvalue weighted by Gasteiger charge is 2.37. The van der Waals surface area contributed by atoms with Crippen LogP contribution in [-0.4, -0.2) is 42.6 Å². The fourth-order valence-corrected chi connectivity index (χ4v) is 3.01. The molecule has 3 atom stereocenters. The summed E-state index contributed by atoms with van der Waals surface area (Å²) in [6.45, 7) is 6.50. The first-order chi connectivity index (χ1) is 13.9. The average molecular weight is 405 g/mol. The fourth-order valence-electron chi connectivity index (χ4n) is 3.01. The number of benzene rings is 1. The smallest absolute Gasteiger partial charge is 0.408 e. The van der Waals surface area contributed by atoms with E-state index in [2.05, 4.69) is 10.6 Å². The van der Waals surface area contributed by atoms with Crippen LogP contribution >= 0.6 is 0 Å². The molecular formula is C22H32N2O5. The second kappa shape index (κ2) is 11.6. The lowest BCUT2D eigenvalue weighted by atomic mass is 10.00. The Labute approximate surface area is 172 Å². The first-order valence-electron chi connectivity index (χ1n) is 10.3. The van der Waals surface area contributed by atoms with Crippen LogP contribution in [0.3, 0.4) is 0 Å². The van der Waals surface area contributed by atoms with E-state index in [1.807, 2.05) is 51.1 Å². The number of ether oxygens (including phenoxy) is 2. The maximum absolute atomic E-state index is 12.8. The molecule has 0 aliphatic carbocycles. The lowest BCUT2D eigenvalue weighted by Gasteiger charge is -2.23. The standard InChI is InChI=1S/C22H32N2O5/c1-4-5-11-17(20(25)19-14-28-19)23-21(26)18(12-15(2)3)24-22(27)29-13-16-9-7-6-8-10-16/h6-10,15,17-19H,4-5,11-14H2,1-3H3,(H,23,26)(H,24,27)/t17-,18-,19?/m0/s1. The number of unbranched alkanes of at least 4 members (excludes halogenated alkanes) is 1. The summed E-state index contributed by atoms with van der Waals surface area (Å²) in [7, 11) is 0. The van der Waals surface area contributed by atoms with Gasteiger partial charge in [0, 0.05) is 0 Å². The van der Waals surface area contributed by atoms with E-state index in [1.54, 1.807) is 0 Å². The van der Waals surface area contributed by atoms with E-state index in [9.17, 15) is 14.4 Å². The summed E-state index contributed by atoms with van der Waals surface area (Å²) in [5.41, 5.74) is 0.863. The Morgan fingerprint density at radius 1 is 1.14 bits per heavy atom. The average Bonchev–Trinajstić information content (AvgIpc) is 3.54. The summed E-state index contributed by atoms with van der Waals surface area (Å²) in [6, 6.07) is 7.97. The summed E-state index contributed by atoms with van der Waals surface area (Å²) in [6.07, 6.45) is 1.69. The monoisotopic (exact) mass is 404 g/mol. The Balaban J connectivity index is 1.94. The SMILES string of the molecule is CCCC[C@H](NC(=O)[C@H](CC(C)C)NC(=O)OCc1ccccc1)C(=O)C1CO1. The van der Waals surface area contributed by atoms with Gasteiger partial charge in [-0.25, -0.2) is 4.79 Å². The van der Waals surface area contributed by atoms with Gasteiger partial charge in [-0.15, -0.1) is 0 Å². The number of alkyl carbamates (subject to hydrolysis) is 1. The predicted octanol–water partition coefficient (Wildman–Crippen LogP) is 2.97. The van der Waals surface area contributed by atoms with Crippen molar-refractivity contribution in [2.24, 2.45) is 5.92 Å². The highest BCUT2D eigenvalue weighted by atomic mass is 16.6. The van der Waals surface area contributed by atoms with Crippen LogP contribution in [-0.2, 0) is 25.7 Å². The minimum atomic E-state index is -0.768. The third-order valence-electron chi connectivity index (χ3n) is 4.69. The van der Waals surface area contributed by atoms with Crippen molar-refractivity contribution in [1.29, 1.82) is 0 Å². The van der Waals surface area contributed by atoms with Crippen LogP contribution in [0.15, 0.2) is 30.3 Å². The van der Waals surface area contributed by atoms with Crippen LogP contribution in [0.25, 0.3) is 0 Å². The molecule has 1 aromatic rings. The van der Waals surface area contributed by atoms with Gasteiger partial charge in [0.2, 0.25) is 5.91 Å². The van der Waals surface area contributed by atoms with Gasteiger partial charge in [-0.2, -0.15) is 0 Å². The van der Waals surface area contributed by atoms with Crippen molar-refractivity contribution in [3.63, 3.8) is 0 Å². The number of carbonyl (C=O) groups excluding carboxylic acids is 3. The quantitative estimate of drug-likeness (QED) is 0.522. The molecule has 1 aliphatic heterocycles. The van der Waals surface area contributed by atoms with Gasteiger partial charge in [-0.05, 0) is 24.3 Å². The molecule has 2 amide bonds. The minimum absolute atomic E-state index is 0.0956. The number of Topliss-reactive ketones (excluding diaryl/α,β-unsaturated/α-hetero) is 1. The molecule has 1 unspecified atom stereocenters. The molecule has 2 rings (SSSR count). The van der Waals surface area contributed by atoms with Gasteiger partial charge < -0.3 is 20.1 Å². The topological polar surface area (TPSA) is 97.0 Å². The van der Waals surface area contributed by atoms with Gasteiger partial charge in [0.05, 0.1) is 12.6 Å². The van der Waals surface area contributed by atoms with Gasteiger partial charge in [-0.1, -0.05) is 63.9 Å². The van der Waals surface area contributed by atoms with Crippen molar-refractivity contribution >= 4 is 17.8 Å². The second-order valence-electron chi connectivity index (χ2n) is 7.82. The van der Waals surface area contributed by atoms with Gasteiger partial charge in [0.25, 0.3) is 0 Å². The predicted molar refractivity (Wildman–Crippen MR) is 109 cm³/mol. The third-order valence-corrected chi connectivity index (χ3v) is 4.69. The van der Waals surface area contributed by atoms with E-state index in [0.29, 0.717) is 19.4 Å². The lowest BCUT2D eigenvalue weighted by molar-refractivity contribution is -0.129. The van der Waals surface area contributed by atoms with Gasteiger partial charge in [0.15, 0.2) is 5.78 Å². The first kappa shape index (κ1) is 22.9. The number of carbonyl (C=O) groups is 3. The number of amides is 2. The molecule has 160 valence electrons. The maximum atomic E-state index is 12.8. The molecule has 2 N–H and O–H groups in total. The normalized spacial score (nSPS) is 17.3. The molecule has 0 spiro atoms. The number of rotatable bonds is 12. The van der Waals surface area contributed by atoms with Crippen molar-refractivity contribution < 1.29 is 23.9 Å². The van der Waals surface area contributed by atoms with Gasteiger partial charge >= 0.3 is 6.09 Å². The molecule has 1 aliphatic rings. The molecule has 1 fully saturated rings. The fraction of sp³-hybridized carbons (Fsp3) is 0.591. The highest BCUT2D eigenvalue weighted by Crippen LogP contribution is 2.16. The second-order valence-corrected chi connectivity index (χ2v) is 7.82.